The summed E-state index contributed by atoms with van der Waals surface area (Å²) in [6.45, 7) is 5.10. The van der Waals surface area contributed by atoms with E-state index in [1.54, 1.807) is 0 Å². The molecule has 3 N–H and O–H groups in total. The van der Waals surface area contributed by atoms with Gasteiger partial charge in [0.1, 0.15) is 5.82 Å². The highest BCUT2D eigenvalue weighted by atomic mass is 35.5. The van der Waals surface area contributed by atoms with E-state index in [2.05, 4.69) is 5.32 Å². The van der Waals surface area contributed by atoms with Crippen LogP contribution in [-0.2, 0) is 4.74 Å². The van der Waals surface area contributed by atoms with Gasteiger partial charge in [-0.3, -0.25) is 0 Å². The Morgan fingerprint density at radius 2 is 2.25 bits per heavy atom. The molecule has 1 aromatic carbocycles. The molecular weight excluding hydrogens is 231 g/mol. The molecule has 0 aliphatic rings. The van der Waals surface area contributed by atoms with E-state index in [9.17, 15) is 4.39 Å². The molecule has 1 unspecified atom stereocenters. The molecule has 90 valence electrons. The Labute approximate surface area is 99.7 Å². The zero-order valence-electron chi connectivity index (χ0n) is 9.39. The topological polar surface area (TPSA) is 47.3 Å². The summed E-state index contributed by atoms with van der Waals surface area (Å²) < 4.78 is 18.3. The highest BCUT2D eigenvalue weighted by molar-refractivity contribution is 6.31. The fourth-order valence-corrected chi connectivity index (χ4v) is 1.45. The quantitative estimate of drug-likeness (QED) is 0.786. The molecule has 0 radical (unpaired) electrons. The maximum absolute atomic E-state index is 13.0. The maximum Gasteiger partial charge on any atom is 0.143 e. The first kappa shape index (κ1) is 13.1. The van der Waals surface area contributed by atoms with E-state index in [0.29, 0.717) is 24.6 Å². The van der Waals surface area contributed by atoms with Gasteiger partial charge in [-0.25, -0.2) is 4.39 Å². The lowest BCUT2D eigenvalue weighted by Gasteiger charge is -2.17. The van der Waals surface area contributed by atoms with E-state index in [1.165, 1.54) is 12.1 Å². The van der Waals surface area contributed by atoms with Crippen LogP contribution in [0.25, 0.3) is 0 Å². The van der Waals surface area contributed by atoms with Crippen molar-refractivity contribution in [1.29, 1.82) is 0 Å². The second kappa shape index (κ2) is 5.92. The van der Waals surface area contributed by atoms with Gasteiger partial charge in [0.15, 0.2) is 0 Å². The smallest absolute Gasteiger partial charge is 0.143 e. The second-order valence-electron chi connectivity index (χ2n) is 3.56. The second-order valence-corrected chi connectivity index (χ2v) is 3.97. The number of rotatable bonds is 5. The lowest BCUT2D eigenvalue weighted by atomic mass is 10.2. The normalized spacial score (nSPS) is 12.5. The predicted molar refractivity (Wildman–Crippen MR) is 65.4 cm³/mol. The Morgan fingerprint density at radius 1 is 1.56 bits per heavy atom. The van der Waals surface area contributed by atoms with Gasteiger partial charge in [-0.05, 0) is 19.9 Å². The van der Waals surface area contributed by atoms with Crippen LogP contribution in [0, 0.1) is 5.82 Å². The van der Waals surface area contributed by atoms with Crippen LogP contribution in [0.3, 0.4) is 0 Å². The molecule has 0 heterocycles. The molecule has 3 nitrogen and oxygen atoms in total. The molecule has 0 saturated heterocycles. The van der Waals surface area contributed by atoms with Crippen molar-refractivity contribution in [3.05, 3.63) is 23.0 Å². The number of halogens is 2. The molecular formula is C11H16ClFN2O. The van der Waals surface area contributed by atoms with E-state index < -0.39 is 5.82 Å². The molecule has 0 saturated carbocycles. The van der Waals surface area contributed by atoms with Gasteiger partial charge in [0.2, 0.25) is 0 Å². The summed E-state index contributed by atoms with van der Waals surface area (Å²) >= 11 is 5.67. The number of hydrogen-bond acceptors (Lipinski definition) is 3. The zero-order chi connectivity index (χ0) is 12.1. The molecule has 0 bridgehead atoms. The van der Waals surface area contributed by atoms with E-state index in [4.69, 9.17) is 22.1 Å². The van der Waals surface area contributed by atoms with Crippen molar-refractivity contribution in [1.82, 2.24) is 0 Å². The summed E-state index contributed by atoms with van der Waals surface area (Å²) in [5.41, 5.74) is 6.63. The van der Waals surface area contributed by atoms with Crippen LogP contribution in [-0.4, -0.2) is 19.3 Å². The number of hydrogen-bond donors (Lipinski definition) is 2. The summed E-state index contributed by atoms with van der Waals surface area (Å²) in [5.74, 6) is -0.512. The van der Waals surface area contributed by atoms with Crippen LogP contribution in [0.4, 0.5) is 15.8 Å². The fraction of sp³-hybridized carbons (Fsp3) is 0.455. The van der Waals surface area contributed by atoms with Crippen molar-refractivity contribution in [3.63, 3.8) is 0 Å². The van der Waals surface area contributed by atoms with Crippen LogP contribution in [0.2, 0.25) is 5.02 Å². The van der Waals surface area contributed by atoms with Gasteiger partial charge in [-0.2, -0.15) is 0 Å². The minimum atomic E-state index is -0.512. The van der Waals surface area contributed by atoms with Gasteiger partial charge in [0, 0.05) is 18.7 Å². The summed E-state index contributed by atoms with van der Waals surface area (Å²) in [5, 5.41) is 3.17. The standard InChI is InChI=1S/C11H16ClFN2O/c1-3-16-6-7(2)15-11-4-8(12)9(13)5-10(11)14/h4-5,7,15H,3,6,14H2,1-2H3. The van der Waals surface area contributed by atoms with E-state index in [1.807, 2.05) is 13.8 Å². The highest BCUT2D eigenvalue weighted by Crippen LogP contribution is 2.26. The molecule has 0 aliphatic carbocycles. The number of ether oxygens (including phenoxy) is 1. The highest BCUT2D eigenvalue weighted by Gasteiger charge is 2.08. The van der Waals surface area contributed by atoms with E-state index >= 15 is 0 Å². The Balaban J connectivity index is 2.69. The molecule has 5 heteroatoms. The molecule has 16 heavy (non-hydrogen) atoms. The molecule has 1 rings (SSSR count). The largest absolute Gasteiger partial charge is 0.397 e. The van der Waals surface area contributed by atoms with Gasteiger partial charge in [-0.15, -0.1) is 0 Å². The van der Waals surface area contributed by atoms with Crippen molar-refractivity contribution >= 4 is 23.0 Å². The average Bonchev–Trinajstić information content (AvgIpc) is 2.23. The first-order valence-corrected chi connectivity index (χ1v) is 5.51. The molecule has 0 fully saturated rings. The zero-order valence-corrected chi connectivity index (χ0v) is 10.1. The third kappa shape index (κ3) is 3.54. The van der Waals surface area contributed by atoms with Crippen molar-refractivity contribution in [2.24, 2.45) is 0 Å². The molecule has 0 aromatic heterocycles. The van der Waals surface area contributed by atoms with Gasteiger partial charge in [0.05, 0.1) is 23.0 Å². The van der Waals surface area contributed by atoms with Crippen molar-refractivity contribution in [2.45, 2.75) is 19.9 Å². The van der Waals surface area contributed by atoms with Crippen LogP contribution in [0.1, 0.15) is 13.8 Å². The van der Waals surface area contributed by atoms with Gasteiger partial charge < -0.3 is 15.8 Å². The van der Waals surface area contributed by atoms with Gasteiger partial charge in [0.25, 0.3) is 0 Å². The molecule has 1 atom stereocenters. The average molecular weight is 247 g/mol. The summed E-state index contributed by atoms with van der Waals surface area (Å²) in [6.07, 6.45) is 0. The molecule has 0 spiro atoms. The van der Waals surface area contributed by atoms with Crippen LogP contribution >= 0.6 is 11.6 Å². The first-order valence-electron chi connectivity index (χ1n) is 5.13. The van der Waals surface area contributed by atoms with Crippen LogP contribution in [0.15, 0.2) is 12.1 Å². The molecule has 0 amide bonds. The minimum absolute atomic E-state index is 0.0558. The Hall–Kier alpha value is -1.00. The Morgan fingerprint density at radius 3 is 2.88 bits per heavy atom. The summed E-state index contributed by atoms with van der Waals surface area (Å²) in [7, 11) is 0. The summed E-state index contributed by atoms with van der Waals surface area (Å²) in [4.78, 5) is 0. The lowest BCUT2D eigenvalue weighted by molar-refractivity contribution is 0.141. The maximum atomic E-state index is 13.0. The van der Waals surface area contributed by atoms with E-state index in [0.717, 1.165) is 0 Å². The summed E-state index contributed by atoms with van der Waals surface area (Å²) in [6, 6.07) is 2.77. The van der Waals surface area contributed by atoms with Gasteiger partial charge >= 0.3 is 0 Å². The third-order valence-corrected chi connectivity index (χ3v) is 2.36. The Bertz CT molecular complexity index is 360. The number of anilines is 2. The number of benzene rings is 1. The number of nitrogen functional groups attached to an aromatic ring is 1. The monoisotopic (exact) mass is 246 g/mol. The number of nitrogens with one attached hydrogen (secondary N) is 1. The van der Waals surface area contributed by atoms with Crippen LogP contribution < -0.4 is 11.1 Å². The van der Waals surface area contributed by atoms with E-state index in [-0.39, 0.29) is 11.1 Å². The minimum Gasteiger partial charge on any atom is -0.397 e. The van der Waals surface area contributed by atoms with Gasteiger partial charge in [-0.1, -0.05) is 11.6 Å². The van der Waals surface area contributed by atoms with Crippen molar-refractivity contribution < 1.29 is 9.13 Å². The fourth-order valence-electron chi connectivity index (χ4n) is 1.29. The van der Waals surface area contributed by atoms with Crippen LogP contribution in [0.5, 0.6) is 0 Å². The SMILES string of the molecule is CCOCC(C)Nc1cc(Cl)c(F)cc1N. The lowest BCUT2D eigenvalue weighted by Crippen LogP contribution is -2.22. The molecule has 1 aromatic rings. The first-order chi connectivity index (χ1) is 7.54. The molecule has 0 aliphatic heterocycles. The predicted octanol–water partition coefficient (Wildman–Crippen LogP) is 2.90. The number of nitrogens with two attached hydrogens (primary N) is 1. The third-order valence-electron chi connectivity index (χ3n) is 2.07. The van der Waals surface area contributed by atoms with Crippen molar-refractivity contribution in [2.75, 3.05) is 24.3 Å². The van der Waals surface area contributed by atoms with Crippen molar-refractivity contribution in [3.8, 4) is 0 Å². The Kier molecular flexibility index (Phi) is 4.83.